The first-order chi connectivity index (χ1) is 15.0. The van der Waals surface area contributed by atoms with Gasteiger partial charge < -0.3 is 15.1 Å². The van der Waals surface area contributed by atoms with Gasteiger partial charge in [0.2, 0.25) is 0 Å². The average molecular weight is 492 g/mol. The Labute approximate surface area is 195 Å². The zero-order valence-electron chi connectivity index (χ0n) is 18.1. The molecule has 1 unspecified atom stereocenters. The maximum atomic E-state index is 13.9. The number of halogens is 5. The number of hydrogen-bond donors (Lipinski definition) is 1. The third-order valence-electron chi connectivity index (χ3n) is 5.37. The highest BCUT2D eigenvalue weighted by Crippen LogP contribution is 2.41. The van der Waals surface area contributed by atoms with Crippen LogP contribution in [-0.2, 0) is 0 Å². The molecule has 1 aromatic rings. The number of nitrogens with zero attached hydrogens (tertiary/aromatic N) is 4. The molecule has 1 aliphatic heterocycles. The monoisotopic (exact) mass is 491 g/mol. The van der Waals surface area contributed by atoms with E-state index in [0.717, 1.165) is 13.1 Å². The number of alkyl halides is 3. The van der Waals surface area contributed by atoms with Crippen LogP contribution in [0.5, 0.6) is 0 Å². The van der Waals surface area contributed by atoms with Gasteiger partial charge in [0.1, 0.15) is 0 Å². The summed E-state index contributed by atoms with van der Waals surface area (Å²) in [5.41, 5.74) is 0.160. The Hall–Kier alpha value is -2.10. The predicted molar refractivity (Wildman–Crippen MR) is 124 cm³/mol. The lowest BCUT2D eigenvalue weighted by Gasteiger charge is -2.36. The van der Waals surface area contributed by atoms with Gasteiger partial charge in [-0.15, -0.1) is 0 Å². The van der Waals surface area contributed by atoms with Gasteiger partial charge in [-0.1, -0.05) is 35.3 Å². The van der Waals surface area contributed by atoms with E-state index in [1.807, 2.05) is 7.05 Å². The fraction of sp³-hybridized carbons (Fsp3) is 0.476. The van der Waals surface area contributed by atoms with E-state index in [2.05, 4.69) is 26.9 Å². The zero-order valence-corrected chi connectivity index (χ0v) is 19.6. The van der Waals surface area contributed by atoms with Gasteiger partial charge in [-0.2, -0.15) is 13.2 Å². The summed E-state index contributed by atoms with van der Waals surface area (Å²) in [4.78, 5) is 23.8. The van der Waals surface area contributed by atoms with Gasteiger partial charge in [0, 0.05) is 30.4 Å². The molecule has 2 rings (SSSR count). The van der Waals surface area contributed by atoms with Crippen LogP contribution in [0.3, 0.4) is 0 Å². The standard InChI is InChI=1S/C21H26Cl2F3N5O/c1-5-28-12-16(27-2)14-6-7-15(18(23)17(14)22)19(21(24,25)26)29-20(32)31(4)13-8-10-30(3)11-9-13/h5-7,12-13,19H,2,8-11H2,1,3-4H3,(H,29,32)/b16-12-,28-5-. The molecule has 1 N–H and O–H groups in total. The molecule has 1 aliphatic rings. The van der Waals surface area contributed by atoms with Gasteiger partial charge in [0.05, 0.1) is 21.9 Å². The fourth-order valence-corrected chi connectivity index (χ4v) is 3.98. The summed E-state index contributed by atoms with van der Waals surface area (Å²) in [6.07, 6.45) is -0.556. The Kier molecular flexibility index (Phi) is 9.12. The maximum absolute atomic E-state index is 13.9. The number of rotatable bonds is 6. The van der Waals surface area contributed by atoms with Crippen LogP contribution in [0.25, 0.3) is 5.70 Å². The summed E-state index contributed by atoms with van der Waals surface area (Å²) >= 11 is 12.5. The van der Waals surface area contributed by atoms with Crippen molar-refractivity contribution in [1.29, 1.82) is 0 Å². The van der Waals surface area contributed by atoms with E-state index >= 15 is 0 Å². The van der Waals surface area contributed by atoms with Crippen molar-refractivity contribution < 1.29 is 18.0 Å². The van der Waals surface area contributed by atoms with E-state index in [-0.39, 0.29) is 32.9 Å². The highest BCUT2D eigenvalue weighted by Gasteiger charge is 2.44. The van der Waals surface area contributed by atoms with Crippen LogP contribution in [0.4, 0.5) is 18.0 Å². The normalized spacial score (nSPS) is 17.4. The van der Waals surface area contributed by atoms with Crippen LogP contribution in [0, 0.1) is 0 Å². The summed E-state index contributed by atoms with van der Waals surface area (Å²) < 4.78 is 41.8. The summed E-state index contributed by atoms with van der Waals surface area (Å²) in [5.74, 6) is 0. The Morgan fingerprint density at radius 3 is 2.47 bits per heavy atom. The number of piperidine rings is 1. The molecule has 1 atom stereocenters. The Bertz CT molecular complexity index is 896. The minimum Gasteiger partial charge on any atom is -0.325 e. The van der Waals surface area contributed by atoms with Gasteiger partial charge in [-0.25, -0.2) is 4.79 Å². The van der Waals surface area contributed by atoms with E-state index in [1.54, 1.807) is 6.92 Å². The van der Waals surface area contributed by atoms with Crippen LogP contribution in [0.1, 0.15) is 36.9 Å². The second kappa shape index (κ2) is 11.2. The Balaban J connectivity index is 2.34. The van der Waals surface area contributed by atoms with Gasteiger partial charge in [0.15, 0.2) is 6.04 Å². The molecule has 176 valence electrons. The summed E-state index contributed by atoms with van der Waals surface area (Å²) in [6.45, 7) is 6.65. The molecule has 0 bridgehead atoms. The molecule has 0 aromatic heterocycles. The maximum Gasteiger partial charge on any atom is 0.412 e. The summed E-state index contributed by atoms with van der Waals surface area (Å²) in [7, 11) is 3.46. The van der Waals surface area contributed by atoms with Gasteiger partial charge >= 0.3 is 12.2 Å². The van der Waals surface area contributed by atoms with Crippen molar-refractivity contribution in [1.82, 2.24) is 15.1 Å². The van der Waals surface area contributed by atoms with Crippen LogP contribution < -0.4 is 5.32 Å². The van der Waals surface area contributed by atoms with Crippen molar-refractivity contribution in [2.45, 2.75) is 38.0 Å². The minimum atomic E-state index is -4.79. The zero-order chi connectivity index (χ0) is 24.1. The van der Waals surface area contributed by atoms with E-state index in [9.17, 15) is 18.0 Å². The first-order valence-corrected chi connectivity index (χ1v) is 10.7. The Morgan fingerprint density at radius 2 is 1.94 bits per heavy atom. The van der Waals surface area contributed by atoms with Crippen molar-refractivity contribution in [2.75, 3.05) is 27.2 Å². The fourth-order valence-electron chi connectivity index (χ4n) is 3.44. The molecule has 6 nitrogen and oxygen atoms in total. The van der Waals surface area contributed by atoms with E-state index < -0.39 is 18.2 Å². The van der Waals surface area contributed by atoms with E-state index in [4.69, 9.17) is 23.2 Å². The minimum absolute atomic E-state index is 0.138. The van der Waals surface area contributed by atoms with Crippen LogP contribution in [-0.4, -0.2) is 68.2 Å². The van der Waals surface area contributed by atoms with Crippen LogP contribution in [0.2, 0.25) is 10.0 Å². The number of aliphatic imine (C=N–C) groups is 2. The number of benzene rings is 1. The second-order valence-electron chi connectivity index (χ2n) is 7.48. The lowest BCUT2D eigenvalue weighted by atomic mass is 10.0. The van der Waals surface area contributed by atoms with E-state index in [0.29, 0.717) is 12.8 Å². The molecule has 32 heavy (non-hydrogen) atoms. The van der Waals surface area contributed by atoms with Crippen molar-refractivity contribution in [3.05, 3.63) is 39.5 Å². The molecular weight excluding hydrogens is 466 g/mol. The number of carbonyl (C=O) groups is 1. The van der Waals surface area contributed by atoms with Gasteiger partial charge in [-0.05, 0) is 46.6 Å². The Morgan fingerprint density at radius 1 is 1.31 bits per heavy atom. The quantitative estimate of drug-likeness (QED) is 0.539. The van der Waals surface area contributed by atoms with Crippen molar-refractivity contribution in [3.63, 3.8) is 0 Å². The SMILES string of the molecule is C=N/C(=C\N=C/C)c1ccc(C(NC(=O)N(C)C2CCN(C)CC2)C(F)(F)F)c(Cl)c1Cl. The van der Waals surface area contributed by atoms with Gasteiger partial charge in [-0.3, -0.25) is 9.98 Å². The molecule has 0 spiro atoms. The second-order valence-corrected chi connectivity index (χ2v) is 8.24. The molecule has 1 aromatic carbocycles. The number of hydrogen-bond acceptors (Lipinski definition) is 4. The third-order valence-corrected chi connectivity index (χ3v) is 6.26. The summed E-state index contributed by atoms with van der Waals surface area (Å²) in [5, 5.41) is 1.61. The molecule has 11 heteroatoms. The molecule has 0 saturated carbocycles. The first kappa shape index (κ1) is 26.2. The highest BCUT2D eigenvalue weighted by molar-refractivity contribution is 6.43. The van der Waals surface area contributed by atoms with Crippen molar-refractivity contribution >= 4 is 47.9 Å². The largest absolute Gasteiger partial charge is 0.412 e. The molecule has 0 aliphatic carbocycles. The summed E-state index contributed by atoms with van der Waals surface area (Å²) in [6, 6.07) is -0.788. The number of nitrogens with one attached hydrogen (secondary N) is 1. The predicted octanol–water partition coefficient (Wildman–Crippen LogP) is 5.42. The molecule has 1 saturated heterocycles. The third kappa shape index (κ3) is 6.24. The highest BCUT2D eigenvalue weighted by atomic mass is 35.5. The molecule has 1 heterocycles. The van der Waals surface area contributed by atoms with E-state index in [1.165, 1.54) is 36.5 Å². The molecule has 0 radical (unpaired) electrons. The number of urea groups is 1. The topological polar surface area (TPSA) is 60.3 Å². The molecule has 1 fully saturated rings. The van der Waals surface area contributed by atoms with Crippen molar-refractivity contribution in [2.24, 2.45) is 9.98 Å². The number of amides is 2. The number of likely N-dealkylation sites (tertiary alicyclic amines) is 1. The molecular formula is C21H26Cl2F3N5O. The lowest BCUT2D eigenvalue weighted by Crippen LogP contribution is -2.50. The lowest BCUT2D eigenvalue weighted by molar-refractivity contribution is -0.155. The smallest absolute Gasteiger partial charge is 0.325 e. The average Bonchev–Trinajstić information content (AvgIpc) is 2.74. The van der Waals surface area contributed by atoms with Crippen molar-refractivity contribution in [3.8, 4) is 0 Å². The van der Waals surface area contributed by atoms with Gasteiger partial charge in [0.25, 0.3) is 0 Å². The van der Waals surface area contributed by atoms with Crippen LogP contribution >= 0.6 is 23.2 Å². The first-order valence-electron chi connectivity index (χ1n) is 9.92. The van der Waals surface area contributed by atoms with Crippen LogP contribution in [0.15, 0.2) is 28.3 Å². The number of carbonyl (C=O) groups excluding carboxylic acids is 1. The molecule has 2 amide bonds.